The number of aliphatic hydroxyl groups is 2. The fourth-order valence-corrected chi connectivity index (χ4v) is 10.4. The Morgan fingerprint density at radius 3 is 2.50 bits per heavy atom. The molecule has 10 atom stereocenters. The van der Waals surface area contributed by atoms with Crippen molar-refractivity contribution in [2.45, 2.75) is 111 Å². The van der Waals surface area contributed by atoms with Crippen molar-refractivity contribution < 1.29 is 20.1 Å². The van der Waals surface area contributed by atoms with Gasteiger partial charge in [0.1, 0.15) is 0 Å². The van der Waals surface area contributed by atoms with Gasteiger partial charge >= 0.3 is 6.09 Å². The first-order valence-electron chi connectivity index (χ1n) is 16.1. The second-order valence-electron chi connectivity index (χ2n) is 14.9. The Morgan fingerprint density at radius 1 is 1.12 bits per heavy atom. The van der Waals surface area contributed by atoms with E-state index >= 15 is 0 Å². The summed E-state index contributed by atoms with van der Waals surface area (Å²) in [6.45, 7) is 13.3. The molecule has 0 saturated heterocycles. The van der Waals surface area contributed by atoms with E-state index in [1.54, 1.807) is 0 Å². The highest BCUT2D eigenvalue weighted by molar-refractivity contribution is 8.93. The molecule has 0 aromatic carbocycles. The number of nitrogens with one attached hydrogen (secondary N) is 1. The third-order valence-electron chi connectivity index (χ3n) is 12.3. The molecule has 1 amide bonds. The second-order valence-corrected chi connectivity index (χ2v) is 14.9. The molecule has 232 valence electrons. The third-order valence-corrected chi connectivity index (χ3v) is 12.3. The molecule has 4 rings (SSSR count). The summed E-state index contributed by atoms with van der Waals surface area (Å²) in [5, 5.41) is 33.1. The Balaban J connectivity index is 0.00000441. The first kappa shape index (κ1) is 33.9. The Hall–Kier alpha value is -0.630. The Morgan fingerprint density at radius 2 is 1.85 bits per heavy atom. The molecule has 4 N–H and O–H groups in total. The van der Waals surface area contributed by atoms with E-state index in [0.717, 1.165) is 36.5 Å². The van der Waals surface area contributed by atoms with Crippen LogP contribution in [0.4, 0.5) is 4.79 Å². The average Bonchev–Trinajstić information content (AvgIpc) is 3.20. The lowest BCUT2D eigenvalue weighted by Gasteiger charge is -2.61. The molecule has 3 fully saturated rings. The molecule has 40 heavy (non-hydrogen) atoms. The molecular weight excluding hydrogens is 568 g/mol. The number of aliphatic hydroxyl groups excluding tert-OH is 2. The molecule has 0 aliphatic heterocycles. The summed E-state index contributed by atoms with van der Waals surface area (Å²) in [6, 6.07) is -0.285. The van der Waals surface area contributed by atoms with Crippen molar-refractivity contribution in [2.24, 2.45) is 52.3 Å². The Kier molecular flexibility index (Phi) is 11.7. The monoisotopic (exact) mass is 626 g/mol. The fourth-order valence-electron chi connectivity index (χ4n) is 10.4. The Labute approximate surface area is 254 Å². The van der Waals surface area contributed by atoms with Gasteiger partial charge in [0.05, 0.1) is 12.7 Å². The normalized spacial score (nSPS) is 38.5. The van der Waals surface area contributed by atoms with Gasteiger partial charge in [0.15, 0.2) is 0 Å². The van der Waals surface area contributed by atoms with Gasteiger partial charge in [0, 0.05) is 19.1 Å². The summed E-state index contributed by atoms with van der Waals surface area (Å²) >= 11 is 0. The predicted octanol–water partition coefficient (Wildman–Crippen LogP) is 6.75. The van der Waals surface area contributed by atoms with Gasteiger partial charge in [-0.2, -0.15) is 0 Å². The number of halogens is 1. The van der Waals surface area contributed by atoms with Crippen molar-refractivity contribution in [1.29, 1.82) is 0 Å². The van der Waals surface area contributed by atoms with Crippen LogP contribution in [-0.4, -0.2) is 65.2 Å². The minimum Gasteiger partial charge on any atom is -0.465 e. The lowest BCUT2D eigenvalue weighted by Crippen LogP contribution is -2.60. The van der Waals surface area contributed by atoms with Crippen molar-refractivity contribution in [3.63, 3.8) is 0 Å². The maximum Gasteiger partial charge on any atom is 0.404 e. The average molecular weight is 628 g/mol. The van der Waals surface area contributed by atoms with Gasteiger partial charge in [0.25, 0.3) is 0 Å². The van der Waals surface area contributed by atoms with Crippen LogP contribution in [0.5, 0.6) is 0 Å². The molecule has 7 heteroatoms. The molecule has 2 unspecified atom stereocenters. The van der Waals surface area contributed by atoms with Crippen molar-refractivity contribution in [1.82, 2.24) is 10.2 Å². The van der Waals surface area contributed by atoms with Crippen LogP contribution in [0.2, 0.25) is 0 Å². The summed E-state index contributed by atoms with van der Waals surface area (Å²) in [4.78, 5) is 14.0. The van der Waals surface area contributed by atoms with Gasteiger partial charge in [-0.05, 0) is 104 Å². The minimum absolute atomic E-state index is 0. The lowest BCUT2D eigenvalue weighted by molar-refractivity contribution is -0.0870. The van der Waals surface area contributed by atoms with Crippen LogP contribution in [0.25, 0.3) is 0 Å². The number of fused-ring (bicyclic) bond motifs is 5. The van der Waals surface area contributed by atoms with Gasteiger partial charge in [-0.25, -0.2) is 4.79 Å². The van der Waals surface area contributed by atoms with Gasteiger partial charge in [-0.1, -0.05) is 65.5 Å². The smallest absolute Gasteiger partial charge is 0.404 e. The maximum absolute atomic E-state index is 12.0. The molecule has 3 saturated carbocycles. The summed E-state index contributed by atoms with van der Waals surface area (Å²) in [5.41, 5.74) is 1.66. The van der Waals surface area contributed by atoms with E-state index in [0.29, 0.717) is 36.8 Å². The molecule has 0 spiro atoms. The zero-order valence-corrected chi connectivity index (χ0v) is 27.8. The van der Waals surface area contributed by atoms with E-state index in [1.807, 2.05) is 11.9 Å². The summed E-state index contributed by atoms with van der Waals surface area (Å²) in [5.74, 6) is 4.32. The van der Waals surface area contributed by atoms with Crippen molar-refractivity contribution >= 4 is 23.1 Å². The zero-order chi connectivity index (χ0) is 28.5. The molecule has 0 bridgehead atoms. The second kappa shape index (κ2) is 13.8. The van der Waals surface area contributed by atoms with Gasteiger partial charge in [0.2, 0.25) is 0 Å². The first-order chi connectivity index (χ1) is 18.4. The van der Waals surface area contributed by atoms with Crippen molar-refractivity contribution in [3.05, 3.63) is 11.6 Å². The molecule has 0 radical (unpaired) electrons. The largest absolute Gasteiger partial charge is 0.465 e. The molecule has 6 nitrogen and oxygen atoms in total. The molecule has 4 aliphatic carbocycles. The van der Waals surface area contributed by atoms with Crippen molar-refractivity contribution in [3.8, 4) is 0 Å². The third kappa shape index (κ3) is 6.63. The molecule has 0 aromatic heterocycles. The number of rotatable bonds is 11. The topological polar surface area (TPSA) is 93.0 Å². The van der Waals surface area contributed by atoms with E-state index in [-0.39, 0.29) is 41.0 Å². The van der Waals surface area contributed by atoms with Crippen molar-refractivity contribution in [2.75, 3.05) is 26.7 Å². The van der Waals surface area contributed by atoms with E-state index in [2.05, 4.69) is 46.0 Å². The minimum atomic E-state index is -1.000. The van der Waals surface area contributed by atoms with Crippen LogP contribution in [0.1, 0.15) is 98.8 Å². The number of allylic oxidation sites excluding steroid dienone is 1. The van der Waals surface area contributed by atoms with Crippen LogP contribution in [-0.2, 0) is 0 Å². The van der Waals surface area contributed by atoms with Gasteiger partial charge in [-0.3, -0.25) is 0 Å². The molecule has 4 aliphatic rings. The summed E-state index contributed by atoms with van der Waals surface area (Å²) < 4.78 is 0. The van der Waals surface area contributed by atoms with Gasteiger partial charge < -0.3 is 25.5 Å². The van der Waals surface area contributed by atoms with Crippen LogP contribution < -0.4 is 5.32 Å². The number of carbonyl (C=O) groups is 1. The van der Waals surface area contributed by atoms with Gasteiger partial charge in [-0.15, -0.1) is 17.0 Å². The zero-order valence-electron chi connectivity index (χ0n) is 26.1. The summed E-state index contributed by atoms with van der Waals surface area (Å²) in [7, 11) is 1.95. The highest BCUT2D eigenvalue weighted by Crippen LogP contribution is 2.68. The fraction of sp³-hybridized carbons (Fsp3) is 0.909. The highest BCUT2D eigenvalue weighted by Gasteiger charge is 2.61. The van der Waals surface area contributed by atoms with E-state index in [1.165, 1.54) is 50.5 Å². The van der Waals surface area contributed by atoms with Crippen LogP contribution in [0.15, 0.2) is 11.6 Å². The number of hydrogen-bond acceptors (Lipinski definition) is 4. The number of carboxylic acid groups (broad SMARTS) is 1. The van der Waals surface area contributed by atoms with Crippen LogP contribution in [0, 0.1) is 52.3 Å². The van der Waals surface area contributed by atoms with Crippen LogP contribution in [0.3, 0.4) is 0 Å². The highest BCUT2D eigenvalue weighted by atomic mass is 79.9. The quantitative estimate of drug-likeness (QED) is 0.190. The number of amides is 1. The maximum atomic E-state index is 12.0. The number of nitrogens with zero attached hydrogens (tertiary/aromatic N) is 1. The lowest BCUT2D eigenvalue weighted by atomic mass is 9.44. The number of likely N-dealkylation sites (N-methyl/N-ethyl adjacent to an activating group) is 1. The molecule has 0 aromatic rings. The number of hydrogen-bond donors (Lipinski definition) is 4. The van der Waals surface area contributed by atoms with Crippen LogP contribution >= 0.6 is 17.0 Å². The Bertz CT molecular complexity index is 883. The summed E-state index contributed by atoms with van der Waals surface area (Å²) in [6.07, 6.45) is 12.7. The first-order valence-corrected chi connectivity index (χ1v) is 16.1. The molecular formula is C33H59BrN2O4. The van der Waals surface area contributed by atoms with E-state index in [9.17, 15) is 20.1 Å². The molecule has 0 heterocycles. The van der Waals surface area contributed by atoms with E-state index < -0.39 is 12.2 Å². The standard InChI is InChI=1S/C33H58N2O4.BrH/c1-21(2)8-7-9-22(3)26-12-13-27-25-11-10-23-18-24(37)19-29(30(34-31(38)39)20-35(6)16-17-36)33(23,5)28(25)14-15-32(26,27)4;/h10,21-22,24-30,34,36-37H,7-9,11-20H2,1-6H3,(H,38,39);1H/t22-,24-,25+,26-,27+,28+,29?,30?,32-,33+;/m1./s1. The predicted molar refractivity (Wildman–Crippen MR) is 168 cm³/mol. The van der Waals surface area contributed by atoms with E-state index in [4.69, 9.17) is 0 Å². The SMILES string of the molecule is Br.CC(C)CCC[C@@H](C)[C@H]1CC[C@H]2[C@@H]3CC=C4C[C@@H](O)CC(C(CN(C)CCO)NC(=O)O)[C@]4(C)[C@H]3CC[C@]12C.